The second-order valence-electron chi connectivity index (χ2n) is 6.50. The molecular weight excluding hydrogens is 412 g/mol. The first-order chi connectivity index (χ1) is 12.6. The van der Waals surface area contributed by atoms with Gasteiger partial charge in [-0.2, -0.15) is 0 Å². The van der Waals surface area contributed by atoms with E-state index in [2.05, 4.69) is 45.0 Å². The molecular formula is C19H19BrN4OS. The topological polar surface area (TPSA) is 61.9 Å². The van der Waals surface area contributed by atoms with E-state index in [1.54, 1.807) is 23.9 Å². The number of aromatic nitrogens is 3. The van der Waals surface area contributed by atoms with Gasteiger partial charge in [0.25, 0.3) is 5.91 Å². The van der Waals surface area contributed by atoms with Crippen LogP contribution in [0, 0.1) is 6.92 Å². The maximum atomic E-state index is 12.4. The van der Waals surface area contributed by atoms with Crippen molar-refractivity contribution in [3.63, 3.8) is 0 Å². The Labute approximate surface area is 164 Å². The normalized spacial score (nSPS) is 15.4. The van der Waals surface area contributed by atoms with E-state index in [4.69, 9.17) is 4.98 Å². The van der Waals surface area contributed by atoms with Gasteiger partial charge in [0.2, 0.25) is 0 Å². The number of aryl methyl sites for hydroxylation is 1. The molecule has 3 heterocycles. The maximum absolute atomic E-state index is 12.4. The highest BCUT2D eigenvalue weighted by molar-refractivity contribution is 9.10. The van der Waals surface area contributed by atoms with E-state index in [-0.39, 0.29) is 5.91 Å². The van der Waals surface area contributed by atoms with Gasteiger partial charge < -0.3 is 9.88 Å². The van der Waals surface area contributed by atoms with Crippen LogP contribution in [0.25, 0.3) is 11.3 Å². The van der Waals surface area contributed by atoms with Crippen LogP contribution in [-0.2, 0) is 0 Å². The minimum absolute atomic E-state index is 0.0341. The van der Waals surface area contributed by atoms with E-state index in [0.717, 1.165) is 41.7 Å². The largest absolute Gasteiger partial charge is 0.341 e. The Morgan fingerprint density at radius 3 is 2.65 bits per heavy atom. The lowest BCUT2D eigenvalue weighted by Gasteiger charge is -2.30. The molecule has 0 unspecified atom stereocenters. The molecule has 3 aromatic rings. The van der Waals surface area contributed by atoms with Gasteiger partial charge in [0, 0.05) is 33.9 Å². The first-order valence-electron chi connectivity index (χ1n) is 8.62. The molecule has 26 heavy (non-hydrogen) atoms. The Kier molecular flexibility index (Phi) is 4.91. The van der Waals surface area contributed by atoms with Crippen LogP contribution in [0.4, 0.5) is 0 Å². The summed E-state index contributed by atoms with van der Waals surface area (Å²) in [7, 11) is 0. The van der Waals surface area contributed by atoms with Crippen molar-refractivity contribution in [1.82, 2.24) is 19.9 Å². The number of likely N-dealkylation sites (tertiary alicyclic amines) is 1. The highest BCUT2D eigenvalue weighted by Crippen LogP contribution is 2.36. The summed E-state index contributed by atoms with van der Waals surface area (Å²) in [6.07, 6.45) is 5.03. The number of amides is 1. The van der Waals surface area contributed by atoms with E-state index in [0.29, 0.717) is 11.6 Å². The predicted octanol–water partition coefficient (Wildman–Crippen LogP) is 4.62. The van der Waals surface area contributed by atoms with Gasteiger partial charge in [-0.05, 0) is 31.9 Å². The summed E-state index contributed by atoms with van der Waals surface area (Å²) in [5.74, 6) is 0.459. The molecule has 5 nitrogen and oxygen atoms in total. The summed E-state index contributed by atoms with van der Waals surface area (Å²) in [4.78, 5) is 27.3. The van der Waals surface area contributed by atoms with E-state index in [1.165, 1.54) is 9.88 Å². The molecule has 1 saturated heterocycles. The van der Waals surface area contributed by atoms with Crippen LogP contribution in [-0.4, -0.2) is 38.8 Å². The number of benzene rings is 1. The number of carbonyl (C=O) groups excluding carboxylic acids is 1. The molecule has 1 amide bonds. The molecule has 0 bridgehead atoms. The molecule has 0 atom stereocenters. The van der Waals surface area contributed by atoms with Gasteiger partial charge in [-0.15, -0.1) is 11.3 Å². The van der Waals surface area contributed by atoms with E-state index < -0.39 is 0 Å². The first-order valence-corrected chi connectivity index (χ1v) is 10.2. The van der Waals surface area contributed by atoms with Crippen molar-refractivity contribution < 1.29 is 4.79 Å². The van der Waals surface area contributed by atoms with Crippen molar-refractivity contribution in [2.75, 3.05) is 13.1 Å². The quantitative estimate of drug-likeness (QED) is 0.658. The van der Waals surface area contributed by atoms with Crippen molar-refractivity contribution >= 4 is 33.2 Å². The van der Waals surface area contributed by atoms with E-state index in [1.807, 2.05) is 17.0 Å². The van der Waals surface area contributed by atoms with Crippen molar-refractivity contribution in [3.05, 3.63) is 56.8 Å². The van der Waals surface area contributed by atoms with Gasteiger partial charge in [-0.25, -0.2) is 9.97 Å². The third kappa shape index (κ3) is 3.46. The lowest BCUT2D eigenvalue weighted by molar-refractivity contribution is 0.0707. The number of piperidine rings is 1. The molecule has 1 aliphatic rings. The number of thiazole rings is 1. The molecule has 0 saturated carbocycles. The van der Waals surface area contributed by atoms with Gasteiger partial charge in [-0.1, -0.05) is 28.1 Å². The van der Waals surface area contributed by atoms with Gasteiger partial charge in [0.05, 0.1) is 23.2 Å². The van der Waals surface area contributed by atoms with Gasteiger partial charge in [0.1, 0.15) is 5.69 Å². The van der Waals surface area contributed by atoms with Crippen LogP contribution in [0.1, 0.15) is 39.1 Å². The number of nitrogens with zero attached hydrogens (tertiary/aromatic N) is 3. The highest BCUT2D eigenvalue weighted by Gasteiger charge is 2.27. The SMILES string of the molecule is Cc1sc(C2CCN(C(=O)c3cnc[nH]3)CC2)nc1-c1ccc(Br)cc1. The number of hydrogen-bond acceptors (Lipinski definition) is 4. The minimum Gasteiger partial charge on any atom is -0.341 e. The molecule has 0 radical (unpaired) electrons. The number of hydrogen-bond donors (Lipinski definition) is 1. The summed E-state index contributed by atoms with van der Waals surface area (Å²) in [5, 5.41) is 1.19. The minimum atomic E-state index is 0.0341. The summed E-state index contributed by atoms with van der Waals surface area (Å²) in [5.41, 5.74) is 2.79. The fourth-order valence-electron chi connectivity index (χ4n) is 3.34. The zero-order chi connectivity index (χ0) is 18.1. The van der Waals surface area contributed by atoms with Crippen LogP contribution in [0.3, 0.4) is 0 Å². The number of aromatic amines is 1. The Morgan fingerprint density at radius 1 is 1.27 bits per heavy atom. The second kappa shape index (κ2) is 7.32. The Hall–Kier alpha value is -1.99. The summed E-state index contributed by atoms with van der Waals surface area (Å²) < 4.78 is 1.07. The molecule has 134 valence electrons. The average Bonchev–Trinajstić information content (AvgIpc) is 3.32. The van der Waals surface area contributed by atoms with Gasteiger partial charge >= 0.3 is 0 Å². The Balaban J connectivity index is 1.46. The van der Waals surface area contributed by atoms with Gasteiger partial charge in [-0.3, -0.25) is 4.79 Å². The predicted molar refractivity (Wildman–Crippen MR) is 106 cm³/mol. The first kappa shape index (κ1) is 17.4. The van der Waals surface area contributed by atoms with Crippen molar-refractivity contribution in [3.8, 4) is 11.3 Å². The maximum Gasteiger partial charge on any atom is 0.271 e. The zero-order valence-electron chi connectivity index (χ0n) is 14.4. The molecule has 1 aromatic carbocycles. The van der Waals surface area contributed by atoms with Crippen LogP contribution >= 0.6 is 27.3 Å². The number of H-pyrrole nitrogens is 1. The smallest absolute Gasteiger partial charge is 0.271 e. The van der Waals surface area contributed by atoms with Crippen LogP contribution < -0.4 is 0 Å². The number of carbonyl (C=O) groups is 1. The molecule has 0 aliphatic carbocycles. The standard InChI is InChI=1S/C19H19BrN4OS/c1-12-17(13-2-4-15(20)5-3-13)23-18(26-12)14-6-8-24(9-7-14)19(25)16-10-21-11-22-16/h2-5,10-11,14H,6-9H2,1H3,(H,21,22). The lowest BCUT2D eigenvalue weighted by atomic mass is 9.97. The molecule has 1 N–H and O–H groups in total. The zero-order valence-corrected chi connectivity index (χ0v) is 16.8. The third-order valence-electron chi connectivity index (χ3n) is 4.79. The average molecular weight is 431 g/mol. The molecule has 2 aromatic heterocycles. The monoisotopic (exact) mass is 430 g/mol. The number of rotatable bonds is 3. The van der Waals surface area contributed by atoms with E-state index >= 15 is 0 Å². The Bertz CT molecular complexity index is 896. The Morgan fingerprint density at radius 2 is 2.00 bits per heavy atom. The van der Waals surface area contributed by atoms with Gasteiger partial charge in [0.15, 0.2) is 0 Å². The number of nitrogens with one attached hydrogen (secondary N) is 1. The highest BCUT2D eigenvalue weighted by atomic mass is 79.9. The third-order valence-corrected chi connectivity index (χ3v) is 6.45. The second-order valence-corrected chi connectivity index (χ2v) is 8.65. The fraction of sp³-hybridized carbons (Fsp3) is 0.316. The molecule has 1 aliphatic heterocycles. The fourth-order valence-corrected chi connectivity index (χ4v) is 4.72. The summed E-state index contributed by atoms with van der Waals surface area (Å²) in [6, 6.07) is 8.30. The van der Waals surface area contributed by atoms with E-state index in [9.17, 15) is 4.79 Å². The molecule has 0 spiro atoms. The molecule has 7 heteroatoms. The summed E-state index contributed by atoms with van der Waals surface area (Å²) >= 11 is 5.26. The van der Waals surface area contributed by atoms with Crippen LogP contribution in [0.15, 0.2) is 41.3 Å². The van der Waals surface area contributed by atoms with Crippen molar-refractivity contribution in [2.24, 2.45) is 0 Å². The number of imidazole rings is 1. The molecule has 1 fully saturated rings. The van der Waals surface area contributed by atoms with Crippen LogP contribution in [0.5, 0.6) is 0 Å². The van der Waals surface area contributed by atoms with Crippen LogP contribution in [0.2, 0.25) is 0 Å². The van der Waals surface area contributed by atoms with Crippen molar-refractivity contribution in [2.45, 2.75) is 25.7 Å². The molecule has 4 rings (SSSR count). The summed E-state index contributed by atoms with van der Waals surface area (Å²) in [6.45, 7) is 3.65. The number of halogens is 1. The lowest BCUT2D eigenvalue weighted by Crippen LogP contribution is -2.38. The van der Waals surface area contributed by atoms with Crippen molar-refractivity contribution in [1.29, 1.82) is 0 Å².